The zero-order valence-electron chi connectivity index (χ0n) is 8.18. The number of nitrogens with one attached hydrogen (secondary N) is 1. The molecule has 1 aromatic heterocycles. The molecule has 0 saturated carbocycles. The van der Waals surface area contributed by atoms with Gasteiger partial charge in [-0.3, -0.25) is 0 Å². The summed E-state index contributed by atoms with van der Waals surface area (Å²) in [4.78, 5) is 3.58. The molecule has 0 spiro atoms. The molecule has 0 saturated heterocycles. The van der Waals surface area contributed by atoms with E-state index in [1.54, 1.807) is 0 Å². The van der Waals surface area contributed by atoms with E-state index < -0.39 is 21.0 Å². The van der Waals surface area contributed by atoms with Crippen LogP contribution in [0.3, 0.4) is 0 Å². The Hall–Kier alpha value is -1.51. The summed E-state index contributed by atoms with van der Waals surface area (Å²) in [5, 5.41) is 10.2. The molecule has 9 heteroatoms. The van der Waals surface area contributed by atoms with Gasteiger partial charge < -0.3 is 0 Å². The van der Waals surface area contributed by atoms with Crippen molar-refractivity contribution in [3.05, 3.63) is 29.0 Å². The minimum Gasteiger partial charge on any atom is -0.248 e. The lowest BCUT2D eigenvalue weighted by atomic mass is 10.2. The molecule has 3 N–H and O–H groups in total. The summed E-state index contributed by atoms with van der Waals surface area (Å²) in [5.41, 5.74) is -0.0105. The standard InChI is InChI=1S/C8H6ClFN4O2S/c9-4-1-2-6(10)5(3-4)7-12-8(14-13-7)17(11,15)16/h1-3H,(H2,11,15,16)(H,12,13,14). The van der Waals surface area contributed by atoms with Crippen molar-refractivity contribution in [3.63, 3.8) is 0 Å². The Morgan fingerprint density at radius 3 is 2.71 bits per heavy atom. The van der Waals surface area contributed by atoms with Gasteiger partial charge in [-0.1, -0.05) is 11.6 Å². The average molecular weight is 277 g/mol. The molecule has 0 atom stereocenters. The summed E-state index contributed by atoms with van der Waals surface area (Å²) in [7, 11) is -4.00. The van der Waals surface area contributed by atoms with E-state index in [4.69, 9.17) is 16.7 Å². The molecule has 6 nitrogen and oxygen atoms in total. The fourth-order valence-corrected chi connectivity index (χ4v) is 1.72. The number of nitrogens with zero attached hydrogens (tertiary/aromatic N) is 2. The first kappa shape index (κ1) is 12.0. The van der Waals surface area contributed by atoms with Crippen LogP contribution in [0.2, 0.25) is 5.02 Å². The molecule has 0 fully saturated rings. The minimum absolute atomic E-state index is 0.0105. The van der Waals surface area contributed by atoms with Crippen molar-refractivity contribution in [1.29, 1.82) is 0 Å². The number of nitrogens with two attached hydrogens (primary N) is 1. The maximum atomic E-state index is 13.4. The van der Waals surface area contributed by atoms with Gasteiger partial charge in [0.25, 0.3) is 15.2 Å². The average Bonchev–Trinajstić information content (AvgIpc) is 2.70. The number of primary sulfonamides is 1. The topological polar surface area (TPSA) is 102 Å². The second-order valence-corrected chi connectivity index (χ2v) is 5.05. The molecule has 2 rings (SSSR count). The first-order chi connectivity index (χ1) is 7.88. The molecule has 2 aromatic rings. The van der Waals surface area contributed by atoms with Gasteiger partial charge >= 0.3 is 0 Å². The highest BCUT2D eigenvalue weighted by molar-refractivity contribution is 7.89. The molecular formula is C8H6ClFN4O2S. The van der Waals surface area contributed by atoms with E-state index >= 15 is 0 Å². The Morgan fingerprint density at radius 2 is 2.12 bits per heavy atom. The van der Waals surface area contributed by atoms with Gasteiger partial charge in [-0.05, 0) is 18.2 Å². The highest BCUT2D eigenvalue weighted by Crippen LogP contribution is 2.23. The molecule has 0 aliphatic carbocycles. The summed E-state index contributed by atoms with van der Waals surface area (Å²) in [6, 6.07) is 3.77. The van der Waals surface area contributed by atoms with Crippen LogP contribution in [0.4, 0.5) is 4.39 Å². The molecule has 1 heterocycles. The normalized spacial score (nSPS) is 11.7. The van der Waals surface area contributed by atoms with Gasteiger partial charge in [0.1, 0.15) is 5.82 Å². The summed E-state index contributed by atoms with van der Waals surface area (Å²) >= 11 is 5.69. The van der Waals surface area contributed by atoms with E-state index in [2.05, 4.69) is 15.2 Å². The molecule has 0 aliphatic heterocycles. The lowest BCUT2D eigenvalue weighted by Gasteiger charge is -1.97. The Balaban J connectivity index is 2.55. The van der Waals surface area contributed by atoms with Crippen molar-refractivity contribution in [2.45, 2.75) is 5.16 Å². The van der Waals surface area contributed by atoms with Gasteiger partial charge in [-0.2, -0.15) is 10.1 Å². The number of aromatic nitrogens is 3. The third kappa shape index (κ3) is 2.43. The van der Waals surface area contributed by atoms with E-state index in [1.165, 1.54) is 12.1 Å². The molecule has 90 valence electrons. The number of sulfonamides is 1. The van der Waals surface area contributed by atoms with Gasteiger partial charge in [-0.15, -0.1) is 0 Å². The van der Waals surface area contributed by atoms with E-state index in [-0.39, 0.29) is 16.4 Å². The highest BCUT2D eigenvalue weighted by atomic mass is 35.5. The number of rotatable bonds is 2. The highest BCUT2D eigenvalue weighted by Gasteiger charge is 2.17. The fourth-order valence-electron chi connectivity index (χ4n) is 1.16. The Morgan fingerprint density at radius 1 is 1.41 bits per heavy atom. The van der Waals surface area contributed by atoms with Crippen molar-refractivity contribution < 1.29 is 12.8 Å². The second-order valence-electron chi connectivity index (χ2n) is 3.13. The molecule has 0 aliphatic rings. The van der Waals surface area contributed by atoms with Gasteiger partial charge in [-0.25, -0.2) is 23.0 Å². The van der Waals surface area contributed by atoms with Crippen LogP contribution < -0.4 is 5.14 Å². The van der Waals surface area contributed by atoms with Crippen molar-refractivity contribution in [3.8, 4) is 11.4 Å². The first-order valence-corrected chi connectivity index (χ1v) is 6.21. The maximum absolute atomic E-state index is 13.4. The molecule has 0 bridgehead atoms. The molecule has 0 radical (unpaired) electrons. The molecular weight excluding hydrogens is 271 g/mol. The van der Waals surface area contributed by atoms with E-state index in [9.17, 15) is 12.8 Å². The predicted octanol–water partition coefficient (Wildman–Crippen LogP) is 0.912. The first-order valence-electron chi connectivity index (χ1n) is 4.28. The van der Waals surface area contributed by atoms with E-state index in [1.807, 2.05) is 0 Å². The van der Waals surface area contributed by atoms with Crippen LogP contribution in [0.1, 0.15) is 0 Å². The van der Waals surface area contributed by atoms with Crippen LogP contribution in [0.5, 0.6) is 0 Å². The quantitative estimate of drug-likeness (QED) is 0.851. The molecule has 17 heavy (non-hydrogen) atoms. The van der Waals surface area contributed by atoms with Crippen LogP contribution in [0.15, 0.2) is 23.4 Å². The second kappa shape index (κ2) is 4.06. The zero-order valence-corrected chi connectivity index (χ0v) is 9.76. The molecule has 1 aromatic carbocycles. The SMILES string of the molecule is NS(=O)(=O)c1nc(-c2cc(Cl)ccc2F)n[nH]1. The van der Waals surface area contributed by atoms with Crippen LogP contribution in [0, 0.1) is 5.82 Å². The Bertz CT molecular complexity index is 670. The van der Waals surface area contributed by atoms with Crippen LogP contribution >= 0.6 is 11.6 Å². The number of halogens is 2. The van der Waals surface area contributed by atoms with Gasteiger partial charge in [0.05, 0.1) is 5.56 Å². The third-order valence-electron chi connectivity index (χ3n) is 1.90. The van der Waals surface area contributed by atoms with Crippen LogP contribution in [0.25, 0.3) is 11.4 Å². The number of benzene rings is 1. The minimum atomic E-state index is -4.00. The summed E-state index contributed by atoms with van der Waals surface area (Å²) in [5.74, 6) is -0.747. The fraction of sp³-hybridized carbons (Fsp3) is 0. The summed E-state index contributed by atoms with van der Waals surface area (Å²) in [6.45, 7) is 0. The number of aromatic amines is 1. The summed E-state index contributed by atoms with van der Waals surface area (Å²) < 4.78 is 35.3. The Kier molecular flexibility index (Phi) is 2.86. The monoisotopic (exact) mass is 276 g/mol. The van der Waals surface area contributed by atoms with Crippen LogP contribution in [-0.2, 0) is 10.0 Å². The van der Waals surface area contributed by atoms with E-state index in [0.29, 0.717) is 0 Å². The number of hydrogen-bond acceptors (Lipinski definition) is 4. The Labute approximate surface area is 101 Å². The van der Waals surface area contributed by atoms with Gasteiger partial charge in [0, 0.05) is 5.02 Å². The lowest BCUT2D eigenvalue weighted by molar-refractivity contribution is 0.589. The van der Waals surface area contributed by atoms with Crippen LogP contribution in [-0.4, -0.2) is 23.6 Å². The zero-order chi connectivity index (χ0) is 12.6. The van der Waals surface area contributed by atoms with Gasteiger partial charge in [0.2, 0.25) is 0 Å². The molecule has 0 amide bonds. The number of H-pyrrole nitrogens is 1. The lowest BCUT2D eigenvalue weighted by Crippen LogP contribution is -2.13. The smallest absolute Gasteiger partial charge is 0.248 e. The van der Waals surface area contributed by atoms with Crippen molar-refractivity contribution in [2.75, 3.05) is 0 Å². The maximum Gasteiger partial charge on any atom is 0.273 e. The summed E-state index contributed by atoms with van der Waals surface area (Å²) in [6.07, 6.45) is 0. The third-order valence-corrected chi connectivity index (χ3v) is 2.86. The number of hydrogen-bond donors (Lipinski definition) is 2. The van der Waals surface area contributed by atoms with Crippen molar-refractivity contribution in [2.24, 2.45) is 5.14 Å². The van der Waals surface area contributed by atoms with E-state index in [0.717, 1.165) is 6.07 Å². The van der Waals surface area contributed by atoms with Crippen molar-refractivity contribution in [1.82, 2.24) is 15.2 Å². The van der Waals surface area contributed by atoms with Crippen molar-refractivity contribution >= 4 is 21.6 Å². The molecule has 0 unspecified atom stereocenters. The van der Waals surface area contributed by atoms with Gasteiger partial charge in [0.15, 0.2) is 5.82 Å². The predicted molar refractivity (Wildman–Crippen MR) is 58.2 cm³/mol. The largest absolute Gasteiger partial charge is 0.273 e.